The number of thiocarbonyl (C=S) groups is 1. The highest BCUT2D eigenvalue weighted by Crippen LogP contribution is 2.26. The predicted octanol–water partition coefficient (Wildman–Crippen LogP) is 1.89. The Morgan fingerprint density at radius 2 is 2.05 bits per heavy atom. The Labute approximate surface area is 119 Å². The zero-order valence-corrected chi connectivity index (χ0v) is 12.6. The lowest BCUT2D eigenvalue weighted by Crippen LogP contribution is -2.37. The average Bonchev–Trinajstić information content (AvgIpc) is 2.31. The number of nitrogens with one attached hydrogen (secondary N) is 1. The summed E-state index contributed by atoms with van der Waals surface area (Å²) in [7, 11) is -3.66. The lowest BCUT2D eigenvalue weighted by Gasteiger charge is -2.17. The van der Waals surface area contributed by atoms with E-state index >= 15 is 0 Å². The first-order valence-electron chi connectivity index (χ1n) is 5.95. The summed E-state index contributed by atoms with van der Waals surface area (Å²) in [4.78, 5) is -0.0381. The molecule has 1 atom stereocenters. The van der Waals surface area contributed by atoms with E-state index in [-0.39, 0.29) is 4.99 Å². The quantitative estimate of drug-likeness (QED) is 0.752. The number of rotatable bonds is 7. The number of anilines is 1. The minimum absolute atomic E-state index is 0.0381. The lowest BCUT2D eigenvalue weighted by molar-refractivity contribution is 0.342. The average molecular weight is 302 g/mol. The van der Waals surface area contributed by atoms with Gasteiger partial charge in [0.15, 0.2) is 0 Å². The fourth-order valence-electron chi connectivity index (χ4n) is 1.63. The van der Waals surface area contributed by atoms with Gasteiger partial charge < -0.3 is 10.5 Å². The van der Waals surface area contributed by atoms with Crippen LogP contribution in [-0.4, -0.2) is 25.3 Å². The fraction of sp³-hybridized carbons (Fsp3) is 0.417. The van der Waals surface area contributed by atoms with Gasteiger partial charge in [0, 0.05) is 0 Å². The number of benzene rings is 1. The van der Waals surface area contributed by atoms with Crippen molar-refractivity contribution in [3.63, 3.8) is 0 Å². The van der Waals surface area contributed by atoms with Gasteiger partial charge in [-0.25, -0.2) is 8.42 Å². The summed E-state index contributed by atoms with van der Waals surface area (Å²) >= 11 is 4.79. The zero-order valence-electron chi connectivity index (χ0n) is 10.9. The van der Waals surface area contributed by atoms with Gasteiger partial charge in [0.25, 0.3) is 0 Å². The molecular formula is C12H18N2O3S2. The van der Waals surface area contributed by atoms with E-state index in [9.17, 15) is 8.42 Å². The molecule has 3 N–H and O–H groups in total. The normalized spacial score (nSPS) is 12.7. The van der Waals surface area contributed by atoms with E-state index in [1.807, 2.05) is 6.92 Å². The first-order chi connectivity index (χ1) is 8.92. The second kappa shape index (κ2) is 6.72. The summed E-state index contributed by atoms with van der Waals surface area (Å²) in [5, 5.41) is -0.891. The summed E-state index contributed by atoms with van der Waals surface area (Å²) < 4.78 is 32.2. The molecule has 106 valence electrons. The van der Waals surface area contributed by atoms with Gasteiger partial charge in [0.2, 0.25) is 10.0 Å². The predicted molar refractivity (Wildman–Crippen MR) is 81.0 cm³/mol. The summed E-state index contributed by atoms with van der Waals surface area (Å²) in [5.74, 6) is 0.478. The van der Waals surface area contributed by atoms with Gasteiger partial charge in [0.1, 0.15) is 11.0 Å². The molecule has 0 spiro atoms. The molecule has 1 unspecified atom stereocenters. The minimum atomic E-state index is -3.66. The van der Waals surface area contributed by atoms with Gasteiger partial charge in [-0.15, -0.1) is 0 Å². The molecule has 0 amide bonds. The van der Waals surface area contributed by atoms with Crippen molar-refractivity contribution in [3.8, 4) is 5.75 Å². The van der Waals surface area contributed by atoms with Crippen LogP contribution < -0.4 is 15.2 Å². The topological polar surface area (TPSA) is 81.4 Å². The molecule has 1 rings (SSSR count). The second-order valence-corrected chi connectivity index (χ2v) is 6.21. The molecule has 7 heteroatoms. The summed E-state index contributed by atoms with van der Waals surface area (Å²) in [6, 6.07) is 6.83. The highest BCUT2D eigenvalue weighted by atomic mass is 32.2. The highest BCUT2D eigenvalue weighted by molar-refractivity contribution is 7.95. The third kappa shape index (κ3) is 4.07. The van der Waals surface area contributed by atoms with E-state index in [2.05, 4.69) is 4.72 Å². The third-order valence-electron chi connectivity index (χ3n) is 2.50. The maximum Gasteiger partial charge on any atom is 0.242 e. The largest absolute Gasteiger partial charge is 0.492 e. The molecule has 1 aromatic carbocycles. The number of nitrogens with two attached hydrogens (primary N) is 1. The van der Waals surface area contributed by atoms with Gasteiger partial charge in [0.05, 0.1) is 17.3 Å². The van der Waals surface area contributed by atoms with Gasteiger partial charge in [-0.05, 0) is 25.5 Å². The molecule has 0 radical (unpaired) electrons. The van der Waals surface area contributed by atoms with Crippen LogP contribution in [0.5, 0.6) is 5.75 Å². The van der Waals surface area contributed by atoms with Gasteiger partial charge in [-0.3, -0.25) is 4.72 Å². The standard InChI is InChI=1S/C12H18N2O3S2/c1-3-11(12(13)18)19(15,16)14-9-7-5-6-8-10(9)17-4-2/h5-8,11,14H,3-4H2,1-2H3,(H2,13,18). The number of hydrogen-bond donors (Lipinski definition) is 2. The Morgan fingerprint density at radius 3 is 2.58 bits per heavy atom. The van der Waals surface area contributed by atoms with E-state index < -0.39 is 15.3 Å². The van der Waals surface area contributed by atoms with Gasteiger partial charge in [-0.1, -0.05) is 31.3 Å². The van der Waals surface area contributed by atoms with Crippen molar-refractivity contribution < 1.29 is 13.2 Å². The van der Waals surface area contributed by atoms with E-state index in [0.29, 0.717) is 24.5 Å². The summed E-state index contributed by atoms with van der Waals surface area (Å²) in [5.41, 5.74) is 5.85. The van der Waals surface area contributed by atoms with Crippen LogP contribution in [0.25, 0.3) is 0 Å². The van der Waals surface area contributed by atoms with Crippen LogP contribution in [0.2, 0.25) is 0 Å². The number of hydrogen-bond acceptors (Lipinski definition) is 4. The zero-order chi connectivity index (χ0) is 14.5. The van der Waals surface area contributed by atoms with Crippen LogP contribution in [0.1, 0.15) is 20.3 Å². The summed E-state index contributed by atoms with van der Waals surface area (Å²) in [6.07, 6.45) is 0.321. The molecule has 0 saturated carbocycles. The van der Waals surface area contributed by atoms with Crippen LogP contribution >= 0.6 is 12.2 Å². The van der Waals surface area contributed by atoms with E-state index in [1.54, 1.807) is 31.2 Å². The SMILES string of the molecule is CCOc1ccccc1NS(=O)(=O)C(CC)C(N)=S. The van der Waals surface area contributed by atoms with Gasteiger partial charge in [-0.2, -0.15) is 0 Å². The van der Waals surface area contributed by atoms with E-state index in [0.717, 1.165) is 0 Å². The lowest BCUT2D eigenvalue weighted by atomic mass is 10.3. The molecule has 5 nitrogen and oxygen atoms in total. The van der Waals surface area contributed by atoms with Crippen molar-refractivity contribution in [2.24, 2.45) is 5.73 Å². The molecular weight excluding hydrogens is 284 g/mol. The molecule has 0 saturated heterocycles. The second-order valence-electron chi connectivity index (χ2n) is 3.88. The Kier molecular flexibility index (Phi) is 5.56. The van der Waals surface area contributed by atoms with E-state index in [4.69, 9.17) is 22.7 Å². The molecule has 0 fully saturated rings. The van der Waals surface area contributed by atoms with Crippen molar-refractivity contribution in [2.45, 2.75) is 25.5 Å². The maximum atomic E-state index is 12.2. The molecule has 0 aliphatic carbocycles. The van der Waals surface area contributed by atoms with Crippen LogP contribution in [0.4, 0.5) is 5.69 Å². The smallest absolute Gasteiger partial charge is 0.242 e. The first-order valence-corrected chi connectivity index (χ1v) is 7.90. The molecule has 0 aromatic heterocycles. The van der Waals surface area contributed by atoms with Crippen LogP contribution in [-0.2, 0) is 10.0 Å². The molecule has 0 aliphatic rings. The van der Waals surface area contributed by atoms with E-state index in [1.165, 1.54) is 0 Å². The van der Waals surface area contributed by atoms with Gasteiger partial charge >= 0.3 is 0 Å². The molecule has 19 heavy (non-hydrogen) atoms. The fourth-order valence-corrected chi connectivity index (χ4v) is 3.54. The molecule has 0 heterocycles. The minimum Gasteiger partial charge on any atom is -0.492 e. The van der Waals surface area contributed by atoms with Crippen LogP contribution in [0.3, 0.4) is 0 Å². The Bertz CT molecular complexity index is 544. The Hall–Kier alpha value is -1.34. The van der Waals surface area contributed by atoms with Crippen molar-refractivity contribution >= 4 is 32.9 Å². The molecule has 1 aromatic rings. The van der Waals surface area contributed by atoms with Crippen LogP contribution in [0, 0.1) is 0 Å². The molecule has 0 aliphatic heterocycles. The molecule has 0 bridgehead atoms. The van der Waals surface area contributed by atoms with Crippen molar-refractivity contribution in [1.82, 2.24) is 0 Å². The number of sulfonamides is 1. The van der Waals surface area contributed by atoms with Crippen molar-refractivity contribution in [1.29, 1.82) is 0 Å². The van der Waals surface area contributed by atoms with Crippen molar-refractivity contribution in [3.05, 3.63) is 24.3 Å². The number of ether oxygens (including phenoxy) is 1. The maximum absolute atomic E-state index is 12.2. The van der Waals surface area contributed by atoms with Crippen molar-refractivity contribution in [2.75, 3.05) is 11.3 Å². The Balaban J connectivity index is 3.04. The third-order valence-corrected chi connectivity index (χ3v) is 4.78. The number of para-hydroxylation sites is 2. The first kappa shape index (κ1) is 15.7. The highest BCUT2D eigenvalue weighted by Gasteiger charge is 2.27. The monoisotopic (exact) mass is 302 g/mol. The Morgan fingerprint density at radius 1 is 1.42 bits per heavy atom. The summed E-state index contributed by atoms with van der Waals surface area (Å²) in [6.45, 7) is 4.00. The van der Waals surface area contributed by atoms with Crippen LogP contribution in [0.15, 0.2) is 24.3 Å².